The Kier molecular flexibility index (Phi) is 4.18. The van der Waals surface area contributed by atoms with Crippen molar-refractivity contribution in [2.75, 3.05) is 5.32 Å². The highest BCUT2D eigenvalue weighted by Crippen LogP contribution is 2.24. The van der Waals surface area contributed by atoms with Crippen LogP contribution in [0.25, 0.3) is 10.6 Å². The predicted molar refractivity (Wildman–Crippen MR) is 89.5 cm³/mol. The van der Waals surface area contributed by atoms with E-state index in [0.717, 1.165) is 16.1 Å². The molecule has 110 valence electrons. The molecular weight excluding hydrogens is 318 g/mol. The first-order valence-electron chi connectivity index (χ1n) is 6.57. The van der Waals surface area contributed by atoms with Gasteiger partial charge in [0.25, 0.3) is 5.91 Å². The predicted octanol–water partition coefficient (Wildman–Crippen LogP) is 4.42. The summed E-state index contributed by atoms with van der Waals surface area (Å²) in [5.74, 6) is -0.253. The number of hydrogen-bond donors (Lipinski definition) is 1. The summed E-state index contributed by atoms with van der Waals surface area (Å²) >= 11 is 7.37. The quantitative estimate of drug-likeness (QED) is 0.774. The van der Waals surface area contributed by atoms with Crippen LogP contribution in [0.5, 0.6) is 0 Å². The minimum atomic E-state index is -0.253. The van der Waals surface area contributed by atoms with E-state index in [1.165, 1.54) is 11.3 Å². The second-order valence-electron chi connectivity index (χ2n) is 4.69. The van der Waals surface area contributed by atoms with Crippen molar-refractivity contribution in [3.63, 3.8) is 0 Å². The van der Waals surface area contributed by atoms with E-state index in [-0.39, 0.29) is 5.91 Å². The molecule has 0 fully saturated rings. The molecule has 0 spiro atoms. The van der Waals surface area contributed by atoms with Gasteiger partial charge in [0.1, 0.15) is 10.7 Å². The van der Waals surface area contributed by atoms with Crippen LogP contribution in [0.1, 0.15) is 16.1 Å². The van der Waals surface area contributed by atoms with Gasteiger partial charge in [0.2, 0.25) is 0 Å². The van der Waals surface area contributed by atoms with Crippen LogP contribution in [0.3, 0.4) is 0 Å². The molecule has 6 heteroatoms. The summed E-state index contributed by atoms with van der Waals surface area (Å²) in [7, 11) is 0. The molecule has 2 heterocycles. The second kappa shape index (κ2) is 6.25. The number of thiazole rings is 1. The fourth-order valence-electron chi connectivity index (χ4n) is 1.92. The lowest BCUT2D eigenvalue weighted by molar-refractivity contribution is 0.102. The number of anilines is 1. The number of amides is 1. The van der Waals surface area contributed by atoms with Gasteiger partial charge in [-0.3, -0.25) is 9.78 Å². The number of nitrogens with zero attached hydrogens (tertiary/aromatic N) is 2. The van der Waals surface area contributed by atoms with Gasteiger partial charge >= 0.3 is 0 Å². The Morgan fingerprint density at radius 2 is 2.18 bits per heavy atom. The average Bonchev–Trinajstić information content (AvgIpc) is 3.02. The first-order valence-corrected chi connectivity index (χ1v) is 7.82. The lowest BCUT2D eigenvalue weighted by Crippen LogP contribution is -2.13. The van der Waals surface area contributed by atoms with Crippen molar-refractivity contribution in [1.29, 1.82) is 0 Å². The van der Waals surface area contributed by atoms with E-state index < -0.39 is 0 Å². The van der Waals surface area contributed by atoms with E-state index in [2.05, 4.69) is 15.3 Å². The molecule has 4 nitrogen and oxygen atoms in total. The Bertz CT molecular complexity index is 817. The Balaban J connectivity index is 1.81. The van der Waals surface area contributed by atoms with Gasteiger partial charge in [-0.25, -0.2) is 4.98 Å². The molecule has 0 aliphatic heterocycles. The van der Waals surface area contributed by atoms with Gasteiger partial charge in [-0.2, -0.15) is 0 Å². The summed E-state index contributed by atoms with van der Waals surface area (Å²) in [5.41, 5.74) is 2.91. The number of halogens is 1. The smallest absolute Gasteiger partial charge is 0.275 e. The first kappa shape index (κ1) is 14.7. The molecule has 3 aromatic rings. The summed E-state index contributed by atoms with van der Waals surface area (Å²) in [6, 6.07) is 9.12. The van der Waals surface area contributed by atoms with Crippen LogP contribution < -0.4 is 5.32 Å². The highest BCUT2D eigenvalue weighted by atomic mass is 35.5. The third-order valence-electron chi connectivity index (χ3n) is 3.09. The van der Waals surface area contributed by atoms with E-state index in [1.807, 2.05) is 25.1 Å². The molecule has 3 rings (SSSR count). The van der Waals surface area contributed by atoms with Crippen molar-refractivity contribution >= 4 is 34.5 Å². The molecule has 1 aromatic carbocycles. The van der Waals surface area contributed by atoms with Crippen molar-refractivity contribution in [3.8, 4) is 10.6 Å². The molecule has 0 atom stereocenters. The van der Waals surface area contributed by atoms with Crippen molar-refractivity contribution in [1.82, 2.24) is 9.97 Å². The third kappa shape index (κ3) is 3.16. The van der Waals surface area contributed by atoms with Gasteiger partial charge < -0.3 is 5.32 Å². The fourth-order valence-corrected chi connectivity index (χ4v) is 2.88. The Hall–Kier alpha value is -2.24. The highest BCUT2D eigenvalue weighted by Gasteiger charge is 2.13. The molecule has 2 aromatic heterocycles. The average molecular weight is 330 g/mol. The van der Waals surface area contributed by atoms with E-state index in [1.54, 1.807) is 29.9 Å². The monoisotopic (exact) mass is 329 g/mol. The summed E-state index contributed by atoms with van der Waals surface area (Å²) in [5, 5.41) is 5.91. The first-order chi connectivity index (χ1) is 10.6. The number of rotatable bonds is 3. The van der Waals surface area contributed by atoms with E-state index in [9.17, 15) is 4.79 Å². The lowest BCUT2D eigenvalue weighted by Gasteiger charge is -2.07. The molecule has 0 aliphatic rings. The second-order valence-corrected chi connectivity index (χ2v) is 5.99. The molecule has 0 bridgehead atoms. The number of aryl methyl sites for hydroxylation is 1. The minimum Gasteiger partial charge on any atom is -0.320 e. The van der Waals surface area contributed by atoms with Crippen molar-refractivity contribution in [2.24, 2.45) is 0 Å². The van der Waals surface area contributed by atoms with Gasteiger partial charge in [0.15, 0.2) is 0 Å². The van der Waals surface area contributed by atoms with Crippen molar-refractivity contribution in [2.45, 2.75) is 6.92 Å². The van der Waals surface area contributed by atoms with Crippen molar-refractivity contribution in [3.05, 3.63) is 64.4 Å². The number of carbonyl (C=O) groups is 1. The summed E-state index contributed by atoms with van der Waals surface area (Å²) < 4.78 is 0. The van der Waals surface area contributed by atoms with Gasteiger partial charge in [0, 0.05) is 34.0 Å². The summed E-state index contributed by atoms with van der Waals surface area (Å²) in [4.78, 5) is 20.7. The van der Waals surface area contributed by atoms with Crippen LogP contribution in [0.2, 0.25) is 5.02 Å². The number of nitrogens with one attached hydrogen (secondary N) is 1. The highest BCUT2D eigenvalue weighted by molar-refractivity contribution is 7.13. The molecule has 0 radical (unpaired) electrons. The minimum absolute atomic E-state index is 0.253. The molecule has 22 heavy (non-hydrogen) atoms. The third-order valence-corrected chi connectivity index (χ3v) is 4.22. The number of aromatic nitrogens is 2. The largest absolute Gasteiger partial charge is 0.320 e. The molecule has 0 aliphatic carbocycles. The summed E-state index contributed by atoms with van der Waals surface area (Å²) in [6.45, 7) is 1.91. The Morgan fingerprint density at radius 1 is 1.32 bits per heavy atom. The maximum Gasteiger partial charge on any atom is 0.275 e. The van der Waals surface area contributed by atoms with E-state index >= 15 is 0 Å². The lowest BCUT2D eigenvalue weighted by atomic mass is 10.2. The van der Waals surface area contributed by atoms with Crippen LogP contribution in [-0.2, 0) is 0 Å². The summed E-state index contributed by atoms with van der Waals surface area (Å²) in [6.07, 6.45) is 3.42. The Morgan fingerprint density at radius 3 is 2.95 bits per heavy atom. The number of carbonyl (C=O) groups excluding carboxylic acids is 1. The number of benzene rings is 1. The zero-order valence-corrected chi connectivity index (χ0v) is 13.3. The van der Waals surface area contributed by atoms with Gasteiger partial charge in [-0.15, -0.1) is 11.3 Å². The molecule has 1 N–H and O–H groups in total. The normalized spacial score (nSPS) is 10.5. The van der Waals surface area contributed by atoms with Crippen LogP contribution in [0.4, 0.5) is 5.69 Å². The van der Waals surface area contributed by atoms with E-state index in [4.69, 9.17) is 11.6 Å². The topological polar surface area (TPSA) is 54.9 Å². The van der Waals surface area contributed by atoms with Gasteiger partial charge in [0.05, 0.1) is 0 Å². The molecule has 0 unspecified atom stereocenters. The standard InChI is InChI=1S/C16H12ClN3OS/c1-10-4-5-12(17)7-13(10)19-15(21)14-9-22-16(20-14)11-3-2-6-18-8-11/h2-9H,1H3,(H,19,21). The molecular formula is C16H12ClN3OS. The Labute approximate surface area is 136 Å². The zero-order valence-electron chi connectivity index (χ0n) is 11.7. The fraction of sp³-hybridized carbons (Fsp3) is 0.0625. The van der Waals surface area contributed by atoms with Crippen LogP contribution in [0, 0.1) is 6.92 Å². The maximum absolute atomic E-state index is 12.3. The zero-order chi connectivity index (χ0) is 15.5. The molecule has 0 saturated carbocycles. The van der Waals surface area contributed by atoms with Gasteiger partial charge in [-0.1, -0.05) is 17.7 Å². The van der Waals surface area contributed by atoms with E-state index in [0.29, 0.717) is 16.4 Å². The van der Waals surface area contributed by atoms with Crippen LogP contribution in [-0.4, -0.2) is 15.9 Å². The van der Waals surface area contributed by atoms with Crippen molar-refractivity contribution < 1.29 is 4.79 Å². The van der Waals surface area contributed by atoms with Crippen LogP contribution in [0.15, 0.2) is 48.1 Å². The number of pyridine rings is 1. The number of hydrogen-bond acceptors (Lipinski definition) is 4. The molecule has 1 amide bonds. The molecule has 0 saturated heterocycles. The maximum atomic E-state index is 12.3. The van der Waals surface area contributed by atoms with Crippen LogP contribution >= 0.6 is 22.9 Å². The van der Waals surface area contributed by atoms with Gasteiger partial charge in [-0.05, 0) is 36.8 Å². The SMILES string of the molecule is Cc1ccc(Cl)cc1NC(=O)c1csc(-c2cccnc2)n1.